The molecule has 0 fully saturated rings. The fourth-order valence-electron chi connectivity index (χ4n) is 2.09. The highest BCUT2D eigenvalue weighted by Crippen LogP contribution is 2.16. The predicted octanol–water partition coefficient (Wildman–Crippen LogP) is 1.65. The molecule has 0 saturated carbocycles. The Labute approximate surface area is 111 Å². The summed E-state index contributed by atoms with van der Waals surface area (Å²) in [6, 6.07) is 8.27. The van der Waals surface area contributed by atoms with Crippen molar-refractivity contribution in [2.75, 3.05) is 0 Å². The molecule has 0 saturated heterocycles. The van der Waals surface area contributed by atoms with Gasteiger partial charge < -0.3 is 5.32 Å². The van der Waals surface area contributed by atoms with Gasteiger partial charge >= 0.3 is 0 Å². The van der Waals surface area contributed by atoms with Gasteiger partial charge in [0.15, 0.2) is 5.82 Å². The summed E-state index contributed by atoms with van der Waals surface area (Å²) >= 11 is 0. The number of nitrogens with zero attached hydrogens (tertiary/aromatic N) is 4. The smallest absolute Gasteiger partial charge is 0.164 e. The highest BCUT2D eigenvalue weighted by Gasteiger charge is 2.02. The van der Waals surface area contributed by atoms with Gasteiger partial charge in [-0.2, -0.15) is 5.10 Å². The molecule has 5 nitrogen and oxygen atoms in total. The first-order chi connectivity index (χ1) is 9.33. The molecule has 0 aliphatic heterocycles. The van der Waals surface area contributed by atoms with Crippen LogP contribution >= 0.6 is 0 Å². The van der Waals surface area contributed by atoms with Gasteiger partial charge in [-0.3, -0.25) is 9.67 Å². The van der Waals surface area contributed by atoms with Crippen molar-refractivity contribution in [3.63, 3.8) is 0 Å². The Balaban J connectivity index is 1.71. The van der Waals surface area contributed by atoms with Gasteiger partial charge in [0.05, 0.1) is 6.54 Å². The van der Waals surface area contributed by atoms with Crippen LogP contribution in [-0.2, 0) is 20.1 Å². The van der Waals surface area contributed by atoms with Gasteiger partial charge in [0.25, 0.3) is 0 Å². The van der Waals surface area contributed by atoms with Crippen molar-refractivity contribution in [1.29, 1.82) is 0 Å². The Hall–Kier alpha value is -2.27. The second kappa shape index (κ2) is 5.16. The summed E-state index contributed by atoms with van der Waals surface area (Å²) in [7, 11) is 1.87. The van der Waals surface area contributed by atoms with Crippen molar-refractivity contribution < 1.29 is 0 Å². The lowest BCUT2D eigenvalue weighted by molar-refractivity contribution is 0.650. The van der Waals surface area contributed by atoms with E-state index in [4.69, 9.17) is 0 Å². The van der Waals surface area contributed by atoms with Crippen LogP contribution in [-0.4, -0.2) is 19.7 Å². The minimum Gasteiger partial charge on any atom is -0.306 e. The fraction of sp³-hybridized carbons (Fsp3) is 0.214. The molecule has 1 N–H and O–H groups in total. The second-order valence-electron chi connectivity index (χ2n) is 4.46. The molecule has 0 atom stereocenters. The van der Waals surface area contributed by atoms with E-state index in [1.807, 2.05) is 31.6 Å². The van der Waals surface area contributed by atoms with Gasteiger partial charge in [0.1, 0.15) is 6.33 Å². The number of benzene rings is 1. The van der Waals surface area contributed by atoms with Crippen LogP contribution in [0.25, 0.3) is 10.8 Å². The highest BCUT2D eigenvalue weighted by atomic mass is 15.3. The molecule has 0 bridgehead atoms. The predicted molar refractivity (Wildman–Crippen MR) is 73.3 cm³/mol. The van der Waals surface area contributed by atoms with E-state index in [1.54, 1.807) is 11.0 Å². The fourth-order valence-corrected chi connectivity index (χ4v) is 2.09. The van der Waals surface area contributed by atoms with E-state index in [2.05, 4.69) is 32.5 Å². The Morgan fingerprint density at radius 2 is 2.05 bits per heavy atom. The molecule has 2 heterocycles. The van der Waals surface area contributed by atoms with Crippen LogP contribution in [0.3, 0.4) is 0 Å². The van der Waals surface area contributed by atoms with E-state index < -0.39 is 0 Å². The number of fused-ring (bicyclic) bond motifs is 1. The van der Waals surface area contributed by atoms with Gasteiger partial charge in [0.2, 0.25) is 0 Å². The van der Waals surface area contributed by atoms with Crippen LogP contribution in [0.2, 0.25) is 0 Å². The third-order valence-electron chi connectivity index (χ3n) is 3.00. The molecule has 0 radical (unpaired) electrons. The van der Waals surface area contributed by atoms with Crippen LogP contribution in [0.1, 0.15) is 11.4 Å². The molecule has 3 rings (SSSR count). The van der Waals surface area contributed by atoms with Crippen molar-refractivity contribution >= 4 is 10.8 Å². The van der Waals surface area contributed by atoms with Crippen molar-refractivity contribution in [1.82, 2.24) is 25.1 Å². The highest BCUT2D eigenvalue weighted by molar-refractivity contribution is 5.84. The van der Waals surface area contributed by atoms with E-state index in [9.17, 15) is 0 Å². The van der Waals surface area contributed by atoms with Crippen LogP contribution in [0.4, 0.5) is 0 Å². The summed E-state index contributed by atoms with van der Waals surface area (Å²) in [5.74, 6) is 0.802. The van der Waals surface area contributed by atoms with Crippen molar-refractivity contribution in [2.45, 2.75) is 13.1 Å². The lowest BCUT2D eigenvalue weighted by Gasteiger charge is -2.06. The summed E-state index contributed by atoms with van der Waals surface area (Å²) in [4.78, 5) is 8.45. The molecular formula is C14H15N5. The minimum atomic E-state index is 0.657. The number of rotatable bonds is 4. The Kier molecular flexibility index (Phi) is 3.20. The molecule has 0 unspecified atom stereocenters. The lowest BCUT2D eigenvalue weighted by atomic mass is 10.1. The molecule has 0 aliphatic rings. The van der Waals surface area contributed by atoms with Crippen molar-refractivity contribution in [3.05, 3.63) is 54.4 Å². The summed E-state index contributed by atoms with van der Waals surface area (Å²) in [6.07, 6.45) is 5.50. The molecule has 0 amide bonds. The quantitative estimate of drug-likeness (QED) is 0.768. The topological polar surface area (TPSA) is 55.6 Å². The molecule has 1 aromatic carbocycles. The van der Waals surface area contributed by atoms with E-state index in [0.717, 1.165) is 17.8 Å². The van der Waals surface area contributed by atoms with Crippen LogP contribution < -0.4 is 5.32 Å². The van der Waals surface area contributed by atoms with E-state index >= 15 is 0 Å². The molecule has 19 heavy (non-hydrogen) atoms. The van der Waals surface area contributed by atoms with Gasteiger partial charge in [-0.15, -0.1) is 0 Å². The Bertz CT molecular complexity index is 684. The van der Waals surface area contributed by atoms with Gasteiger partial charge in [-0.25, -0.2) is 4.98 Å². The summed E-state index contributed by atoms with van der Waals surface area (Å²) < 4.78 is 1.70. The normalized spacial score (nSPS) is 11.0. The summed E-state index contributed by atoms with van der Waals surface area (Å²) in [5, 5.41) is 9.98. The van der Waals surface area contributed by atoms with Crippen molar-refractivity contribution in [3.8, 4) is 0 Å². The van der Waals surface area contributed by atoms with E-state index in [1.165, 1.54) is 10.9 Å². The Morgan fingerprint density at radius 1 is 1.16 bits per heavy atom. The number of pyridine rings is 1. The third kappa shape index (κ3) is 2.61. The monoisotopic (exact) mass is 253 g/mol. The number of nitrogens with one attached hydrogen (secondary N) is 1. The van der Waals surface area contributed by atoms with Crippen LogP contribution in [0.5, 0.6) is 0 Å². The largest absolute Gasteiger partial charge is 0.306 e. The SMILES string of the molecule is Cn1cnc(CNCc2cncc3ccccc23)n1. The van der Waals surface area contributed by atoms with Crippen molar-refractivity contribution in [2.24, 2.45) is 7.05 Å². The number of aromatic nitrogens is 4. The van der Waals surface area contributed by atoms with E-state index in [0.29, 0.717) is 6.54 Å². The molecule has 3 aromatic rings. The maximum Gasteiger partial charge on any atom is 0.164 e. The zero-order valence-corrected chi connectivity index (χ0v) is 10.7. The average molecular weight is 253 g/mol. The molecule has 0 spiro atoms. The summed E-state index contributed by atoms with van der Waals surface area (Å²) in [5.41, 5.74) is 1.19. The molecule has 96 valence electrons. The minimum absolute atomic E-state index is 0.657. The maximum atomic E-state index is 4.27. The first-order valence-electron chi connectivity index (χ1n) is 6.20. The van der Waals surface area contributed by atoms with Crippen LogP contribution in [0, 0.1) is 0 Å². The van der Waals surface area contributed by atoms with E-state index in [-0.39, 0.29) is 0 Å². The molecular weight excluding hydrogens is 238 g/mol. The zero-order chi connectivity index (χ0) is 13.1. The second-order valence-corrected chi connectivity index (χ2v) is 4.46. The molecule has 5 heteroatoms. The number of aryl methyl sites for hydroxylation is 1. The lowest BCUT2D eigenvalue weighted by Crippen LogP contribution is -2.14. The average Bonchev–Trinajstić information content (AvgIpc) is 2.85. The molecule has 0 aliphatic carbocycles. The molecule has 2 aromatic heterocycles. The first kappa shape index (κ1) is 11.8. The number of hydrogen-bond donors (Lipinski definition) is 1. The standard InChI is InChI=1S/C14H15N5/c1-19-10-17-14(18-19)9-16-8-12-7-15-6-11-4-2-3-5-13(11)12/h2-7,10,16H,8-9H2,1H3. The van der Waals surface area contributed by atoms with Crippen LogP contribution in [0.15, 0.2) is 43.0 Å². The maximum absolute atomic E-state index is 4.27. The number of hydrogen-bond acceptors (Lipinski definition) is 4. The Morgan fingerprint density at radius 3 is 2.89 bits per heavy atom. The van der Waals surface area contributed by atoms with Gasteiger partial charge in [-0.1, -0.05) is 24.3 Å². The first-order valence-corrected chi connectivity index (χ1v) is 6.20. The third-order valence-corrected chi connectivity index (χ3v) is 3.00. The van der Waals surface area contributed by atoms with Gasteiger partial charge in [-0.05, 0) is 10.9 Å². The van der Waals surface area contributed by atoms with Gasteiger partial charge in [0, 0.05) is 31.4 Å². The summed E-state index contributed by atoms with van der Waals surface area (Å²) in [6.45, 7) is 1.41. The zero-order valence-electron chi connectivity index (χ0n) is 10.7.